The number of thioether (sulfide) groups is 1. The van der Waals surface area contributed by atoms with Gasteiger partial charge in [-0.2, -0.15) is 0 Å². The quantitative estimate of drug-likeness (QED) is 0.495. The van der Waals surface area contributed by atoms with E-state index in [1.54, 1.807) is 11.8 Å². The summed E-state index contributed by atoms with van der Waals surface area (Å²) in [4.78, 5) is 0. The smallest absolute Gasteiger partial charge is 0.0632 e. The molecule has 0 aromatic rings. The molecule has 1 N–H and O–H groups in total. The molecule has 1 atom stereocenters. The normalized spacial score (nSPS) is 31.6. The van der Waals surface area contributed by atoms with Crippen LogP contribution in [0.25, 0.3) is 0 Å². The summed E-state index contributed by atoms with van der Waals surface area (Å²) in [6.45, 7) is 3.03. The van der Waals surface area contributed by atoms with E-state index in [9.17, 15) is 0 Å². The molecule has 0 aliphatic carbocycles. The van der Waals surface area contributed by atoms with Crippen LogP contribution in [-0.4, -0.2) is 16.1 Å². The molecule has 3 heteroatoms. The Morgan fingerprint density at radius 1 is 2.00 bits per heavy atom. The Labute approximate surface area is 52.9 Å². The van der Waals surface area contributed by atoms with E-state index >= 15 is 0 Å². The number of hydrogen-bond acceptors (Lipinski definition) is 3. The highest BCUT2D eigenvalue weighted by molar-refractivity contribution is 8.23. The van der Waals surface area contributed by atoms with Crippen molar-refractivity contribution in [2.45, 2.75) is 12.3 Å². The van der Waals surface area contributed by atoms with Crippen LogP contribution in [0, 0.1) is 0 Å². The first kappa shape index (κ1) is 5.54. The second-order valence-electron chi connectivity index (χ2n) is 1.51. The lowest BCUT2D eigenvalue weighted by Gasteiger charge is -1.93. The van der Waals surface area contributed by atoms with Crippen molar-refractivity contribution in [3.63, 3.8) is 0 Å². The largest absolute Gasteiger partial charge is 0.300 e. The average molecular weight is 133 g/mol. The second kappa shape index (κ2) is 2.11. The van der Waals surface area contributed by atoms with E-state index < -0.39 is 0 Å². The summed E-state index contributed by atoms with van der Waals surface area (Å²) in [6, 6.07) is 0. The predicted octanol–water partition coefficient (Wildman–Crippen LogP) is 0.996. The molecule has 1 fully saturated rings. The van der Waals surface area contributed by atoms with Gasteiger partial charge >= 0.3 is 0 Å². The van der Waals surface area contributed by atoms with Crippen LogP contribution in [0.15, 0.2) is 0 Å². The van der Waals surface area contributed by atoms with Crippen LogP contribution in [-0.2, 0) is 0 Å². The molecule has 0 aromatic heterocycles. The van der Waals surface area contributed by atoms with Gasteiger partial charge in [0.05, 0.1) is 9.57 Å². The highest BCUT2D eigenvalue weighted by Gasteiger charge is 2.12. The lowest BCUT2D eigenvalue weighted by molar-refractivity contribution is 0.792. The van der Waals surface area contributed by atoms with E-state index in [1.165, 1.54) is 0 Å². The molecule has 40 valence electrons. The Morgan fingerprint density at radius 2 is 2.71 bits per heavy atom. The van der Waals surface area contributed by atoms with Crippen molar-refractivity contribution >= 4 is 28.2 Å². The Hall–Kier alpha value is 0.400. The molecule has 1 aliphatic heterocycles. The fourth-order valence-corrected chi connectivity index (χ4v) is 1.75. The van der Waals surface area contributed by atoms with Gasteiger partial charge in [0, 0.05) is 6.54 Å². The van der Waals surface area contributed by atoms with E-state index in [-0.39, 0.29) is 0 Å². The van der Waals surface area contributed by atoms with Crippen molar-refractivity contribution in [1.82, 2.24) is 5.32 Å². The molecular weight excluding hydrogens is 126 g/mol. The van der Waals surface area contributed by atoms with Gasteiger partial charge in [0.1, 0.15) is 0 Å². The van der Waals surface area contributed by atoms with Gasteiger partial charge < -0.3 is 0 Å². The maximum atomic E-state index is 4.90. The maximum Gasteiger partial charge on any atom is 0.0632 e. The topological polar surface area (TPSA) is 12.0 Å². The molecule has 0 saturated carbocycles. The number of thiocarbonyl (C=S) groups is 1. The molecule has 1 rings (SSSR count). The van der Waals surface area contributed by atoms with Gasteiger partial charge in [-0.1, -0.05) is 24.0 Å². The van der Waals surface area contributed by atoms with Crippen LogP contribution < -0.4 is 5.32 Å². The molecule has 1 nitrogen and oxygen atoms in total. The maximum absolute atomic E-state index is 4.90. The van der Waals surface area contributed by atoms with Gasteiger partial charge in [-0.25, -0.2) is 0 Å². The molecule has 7 heavy (non-hydrogen) atoms. The molecule has 1 heterocycles. The van der Waals surface area contributed by atoms with E-state index in [0.29, 0.717) is 5.37 Å². The monoisotopic (exact) mass is 133 g/mol. The molecule has 0 spiro atoms. The van der Waals surface area contributed by atoms with E-state index in [0.717, 1.165) is 10.7 Å². The molecule has 1 aliphatic rings. The van der Waals surface area contributed by atoms with Crippen LogP contribution in [0.5, 0.6) is 0 Å². The first-order valence-electron chi connectivity index (χ1n) is 2.22. The number of rotatable bonds is 0. The third-order valence-corrected chi connectivity index (χ3v) is 2.20. The lowest BCUT2D eigenvalue weighted by Crippen LogP contribution is -2.15. The number of hydrogen-bond donors (Lipinski definition) is 1. The van der Waals surface area contributed by atoms with Crippen molar-refractivity contribution < 1.29 is 0 Å². The van der Waals surface area contributed by atoms with Crippen molar-refractivity contribution in [1.29, 1.82) is 0 Å². The molecule has 0 amide bonds. The summed E-state index contributed by atoms with van der Waals surface area (Å²) in [5, 5.41) is 3.74. The van der Waals surface area contributed by atoms with Gasteiger partial charge in [0.15, 0.2) is 0 Å². The van der Waals surface area contributed by atoms with Crippen molar-refractivity contribution in [3.8, 4) is 0 Å². The van der Waals surface area contributed by atoms with Crippen LogP contribution in [0.3, 0.4) is 0 Å². The van der Waals surface area contributed by atoms with Crippen LogP contribution in [0.1, 0.15) is 6.92 Å². The second-order valence-corrected chi connectivity index (χ2v) is 3.70. The lowest BCUT2D eigenvalue weighted by atomic mass is 10.7. The minimum absolute atomic E-state index is 0.549. The summed E-state index contributed by atoms with van der Waals surface area (Å²) in [5.74, 6) is 0. The fourth-order valence-electron chi connectivity index (χ4n) is 0.508. The van der Waals surface area contributed by atoms with Crippen LogP contribution in [0.2, 0.25) is 0 Å². The van der Waals surface area contributed by atoms with Crippen LogP contribution in [0.4, 0.5) is 0 Å². The van der Waals surface area contributed by atoms with Gasteiger partial charge in [-0.05, 0) is 6.92 Å². The molecular formula is C4H7NS2. The van der Waals surface area contributed by atoms with Crippen molar-refractivity contribution in [2.24, 2.45) is 0 Å². The van der Waals surface area contributed by atoms with Gasteiger partial charge in [-0.15, -0.1) is 0 Å². The molecule has 0 bridgehead atoms. The van der Waals surface area contributed by atoms with Gasteiger partial charge in [0.25, 0.3) is 0 Å². The Kier molecular flexibility index (Phi) is 1.67. The Bertz CT molecular complexity index is 91.7. The van der Waals surface area contributed by atoms with E-state index in [2.05, 4.69) is 12.2 Å². The third-order valence-electron chi connectivity index (χ3n) is 0.842. The highest BCUT2D eigenvalue weighted by Crippen LogP contribution is 2.15. The third kappa shape index (κ3) is 1.40. The van der Waals surface area contributed by atoms with Gasteiger partial charge in [0.2, 0.25) is 0 Å². The molecule has 1 saturated heterocycles. The summed E-state index contributed by atoms with van der Waals surface area (Å²) < 4.78 is 1.09. The average Bonchev–Trinajstić information content (AvgIpc) is 1.87. The minimum Gasteiger partial charge on any atom is -0.300 e. The zero-order chi connectivity index (χ0) is 5.28. The molecule has 1 unspecified atom stereocenters. The summed E-state index contributed by atoms with van der Waals surface area (Å²) in [6.07, 6.45) is 0. The summed E-state index contributed by atoms with van der Waals surface area (Å²) >= 11 is 6.64. The Balaban J connectivity index is 2.40. The van der Waals surface area contributed by atoms with E-state index in [1.807, 2.05) is 0 Å². The fraction of sp³-hybridized carbons (Fsp3) is 0.750. The Morgan fingerprint density at radius 3 is 2.86 bits per heavy atom. The SMILES string of the molecule is CC1NCC(=S)S1. The van der Waals surface area contributed by atoms with Crippen molar-refractivity contribution in [2.75, 3.05) is 6.54 Å². The zero-order valence-electron chi connectivity index (χ0n) is 4.10. The first-order chi connectivity index (χ1) is 3.29. The minimum atomic E-state index is 0.549. The van der Waals surface area contributed by atoms with E-state index in [4.69, 9.17) is 12.2 Å². The van der Waals surface area contributed by atoms with Crippen LogP contribution >= 0.6 is 24.0 Å². The molecule has 0 aromatic carbocycles. The highest BCUT2D eigenvalue weighted by atomic mass is 32.2. The molecule has 0 radical (unpaired) electrons. The summed E-state index contributed by atoms with van der Waals surface area (Å²) in [5.41, 5.74) is 0. The number of nitrogens with one attached hydrogen (secondary N) is 1. The van der Waals surface area contributed by atoms with Gasteiger partial charge in [-0.3, -0.25) is 5.32 Å². The first-order valence-corrected chi connectivity index (χ1v) is 3.50. The zero-order valence-corrected chi connectivity index (χ0v) is 5.73. The predicted molar refractivity (Wildman–Crippen MR) is 37.7 cm³/mol. The standard InChI is InChI=1S/C4H7NS2/c1-3-5-2-4(6)7-3/h3,5H,2H2,1H3. The summed E-state index contributed by atoms with van der Waals surface area (Å²) in [7, 11) is 0. The van der Waals surface area contributed by atoms with Crippen molar-refractivity contribution in [3.05, 3.63) is 0 Å².